The zero-order valence-corrected chi connectivity index (χ0v) is 54.9. The number of hydrogen-bond acceptors (Lipinski definition) is 19. The molecule has 9 aliphatic rings. The first-order valence-corrected chi connectivity index (χ1v) is 33.2. The van der Waals surface area contributed by atoms with E-state index in [-0.39, 0.29) is 34.7 Å². The standard InChI is InChI=1S/C20H27N3O3.C17H21N5O.C16H19N5O3.C16H20N4O/c1-15-22(3)14-20(26-15)7-4-9-23(10-8-20)19(24)16-5-6-17-18(13-16)25-12-11-21(17)2;1-14-8-10-17(23-14)9-5-12-21(13-11-17)16-18-19-20-22(16)15-6-3-2-4-7-15;1-10-6-11(2)21-13(17-10)7-12(18-21)14(22)20-5-4-16(9-20)8-19(3)15(23)24-16;1-12-3-6-16(21-12)5-2-9-20(10-7-16)15-13-4-8-17-14(13)18-11-19-15/h5-6,13H,1,4,7-12,14H2,2-3H3;2-4,6-7H,1,5,8-13H2;6-7H,4-5,8-9H2,1-3H3;4,8,11H,1-3,5-7,9-10H2,(H,17,18,19). The van der Waals surface area contributed by atoms with Gasteiger partial charge in [0.25, 0.3) is 11.8 Å². The molecule has 3 amide bonds. The summed E-state index contributed by atoms with van der Waals surface area (Å²) in [6.45, 7) is 25.0. The van der Waals surface area contributed by atoms with E-state index in [1.165, 1.54) is 0 Å². The van der Waals surface area contributed by atoms with Crippen LogP contribution in [0.25, 0.3) is 22.4 Å². The summed E-state index contributed by atoms with van der Waals surface area (Å²) in [6, 6.07) is 21.5. The van der Waals surface area contributed by atoms with Crippen LogP contribution in [0.3, 0.4) is 0 Å². The summed E-state index contributed by atoms with van der Waals surface area (Å²) >= 11 is 0. The number of likely N-dealkylation sites (N-methyl/N-ethyl adjacent to an activating group) is 3. The second-order valence-electron chi connectivity index (χ2n) is 26.8. The molecule has 16 rings (SSSR count). The third-order valence-electron chi connectivity index (χ3n) is 20.1. The van der Waals surface area contributed by atoms with Crippen LogP contribution in [-0.2, 0) is 18.9 Å². The minimum absolute atomic E-state index is 0.0170. The Morgan fingerprint density at radius 3 is 2.03 bits per heavy atom. The molecular formula is C69H87N17O8. The Labute approximate surface area is 548 Å². The van der Waals surface area contributed by atoms with Crippen molar-refractivity contribution in [2.45, 2.75) is 126 Å². The Kier molecular flexibility index (Phi) is 17.6. The number of aromatic nitrogens is 10. The molecular weight excluding hydrogens is 1190 g/mol. The van der Waals surface area contributed by atoms with Gasteiger partial charge in [0.1, 0.15) is 47.0 Å². The molecule has 0 radical (unpaired) electrons. The summed E-state index contributed by atoms with van der Waals surface area (Å²) in [7, 11) is 5.76. The van der Waals surface area contributed by atoms with E-state index in [2.05, 4.69) is 86.0 Å². The van der Waals surface area contributed by atoms with E-state index < -0.39 is 5.60 Å². The van der Waals surface area contributed by atoms with Gasteiger partial charge in [0.2, 0.25) is 5.95 Å². The maximum Gasteiger partial charge on any atom is 0.410 e. The van der Waals surface area contributed by atoms with Crippen LogP contribution in [0, 0.1) is 13.8 Å². The number of carbonyl (C=O) groups is 3. The molecule has 0 saturated carbocycles. The van der Waals surface area contributed by atoms with Crippen LogP contribution in [0.15, 0.2) is 116 Å². The molecule has 8 fully saturated rings. The second-order valence-corrected chi connectivity index (χ2v) is 26.8. The van der Waals surface area contributed by atoms with Crippen LogP contribution < -0.4 is 19.4 Å². The van der Waals surface area contributed by atoms with Gasteiger partial charge < -0.3 is 63.0 Å². The third kappa shape index (κ3) is 13.3. The highest BCUT2D eigenvalue weighted by Gasteiger charge is 2.50. The number of nitrogens with one attached hydrogen (secondary N) is 1. The van der Waals surface area contributed by atoms with Crippen molar-refractivity contribution in [3.8, 4) is 11.4 Å². The average Bonchev–Trinajstić information content (AvgIpc) is 1.59. The summed E-state index contributed by atoms with van der Waals surface area (Å²) < 4.78 is 32.9. The molecule has 25 heteroatoms. The summed E-state index contributed by atoms with van der Waals surface area (Å²) in [5, 5.41) is 17.8. The fourth-order valence-electron chi connectivity index (χ4n) is 15.0. The number of H-pyrrole nitrogens is 1. The fraction of sp³-hybridized carbons (Fsp3) is 0.507. The van der Waals surface area contributed by atoms with Crippen molar-refractivity contribution >= 4 is 52.0 Å². The maximum atomic E-state index is 13.0. The van der Waals surface area contributed by atoms with Crippen molar-refractivity contribution < 1.29 is 38.1 Å². The number of anilines is 3. The summed E-state index contributed by atoms with van der Waals surface area (Å²) in [5.74, 6) is 5.20. The van der Waals surface area contributed by atoms with Crippen molar-refractivity contribution in [3.05, 3.63) is 139 Å². The molecule has 14 heterocycles. The van der Waals surface area contributed by atoms with E-state index in [1.54, 1.807) is 33.8 Å². The largest absolute Gasteiger partial charge is 0.492 e. The number of benzene rings is 2. The van der Waals surface area contributed by atoms with Gasteiger partial charge in [0.05, 0.1) is 54.5 Å². The van der Waals surface area contributed by atoms with Gasteiger partial charge in [-0.1, -0.05) is 36.5 Å². The SMILES string of the molecule is C=C1CCC2(CCCN(c3ncnc4[nH]ccc34)CC2)O1.C=C1CCC2(CCCN(c3nnnn3-c3ccccc3)CC2)O1.C=C1OC2(CCCN(C(=O)c3ccc4c(c3)OCCN4C)CC2)CN1C.Cc1cc(C)n2nc(C(=O)N3CCC4(CN(C)C(=O)O4)C3)cc2n1. The highest BCUT2D eigenvalue weighted by molar-refractivity contribution is 5.96. The lowest BCUT2D eigenvalue weighted by atomic mass is 9.92. The predicted molar refractivity (Wildman–Crippen MR) is 355 cm³/mol. The van der Waals surface area contributed by atoms with E-state index >= 15 is 0 Å². The number of rotatable bonds is 5. The number of fused-ring (bicyclic) bond motifs is 3. The van der Waals surface area contributed by atoms with Crippen molar-refractivity contribution in [2.24, 2.45) is 0 Å². The van der Waals surface area contributed by atoms with E-state index in [4.69, 9.17) is 23.7 Å². The maximum absolute atomic E-state index is 13.0. The number of aromatic amines is 1. The molecule has 1 N–H and O–H groups in total. The molecule has 0 aliphatic carbocycles. The second kappa shape index (κ2) is 26.2. The lowest BCUT2D eigenvalue weighted by Gasteiger charge is -2.28. The Morgan fingerprint density at radius 2 is 1.32 bits per heavy atom. The zero-order chi connectivity index (χ0) is 65.4. The topological polar surface area (TPSA) is 235 Å². The molecule has 2 aromatic carbocycles. The quantitative estimate of drug-likeness (QED) is 0.169. The lowest BCUT2D eigenvalue weighted by Crippen LogP contribution is -2.39. The third-order valence-corrected chi connectivity index (χ3v) is 20.1. The van der Waals surface area contributed by atoms with Gasteiger partial charge >= 0.3 is 6.09 Å². The van der Waals surface area contributed by atoms with Crippen LogP contribution in [0.5, 0.6) is 5.75 Å². The van der Waals surface area contributed by atoms with E-state index in [1.807, 2.05) is 98.3 Å². The number of ether oxygens (including phenoxy) is 5. The van der Waals surface area contributed by atoms with Crippen LogP contribution in [0.4, 0.5) is 22.2 Å². The fourth-order valence-corrected chi connectivity index (χ4v) is 15.0. The molecule has 25 nitrogen and oxygen atoms in total. The Morgan fingerprint density at radius 1 is 0.628 bits per heavy atom. The summed E-state index contributed by atoms with van der Waals surface area (Å²) in [4.78, 5) is 67.9. The Bertz CT molecular complexity index is 3980. The van der Waals surface area contributed by atoms with Gasteiger partial charge in [-0.25, -0.2) is 24.3 Å². The van der Waals surface area contributed by atoms with Crippen molar-refractivity contribution in [2.75, 3.05) is 114 Å². The molecule has 5 aromatic heterocycles. The Balaban J connectivity index is 0.000000114. The van der Waals surface area contributed by atoms with Crippen LogP contribution in [-0.4, -0.2) is 209 Å². The molecule has 0 bridgehead atoms. The molecule has 94 heavy (non-hydrogen) atoms. The van der Waals surface area contributed by atoms with Gasteiger partial charge in [-0.3, -0.25) is 9.59 Å². The molecule has 4 spiro atoms. The van der Waals surface area contributed by atoms with Gasteiger partial charge in [0, 0.05) is 135 Å². The number of amides is 3. The van der Waals surface area contributed by atoms with Crippen LogP contribution in [0.2, 0.25) is 0 Å². The summed E-state index contributed by atoms with van der Waals surface area (Å²) in [5.41, 5.74) is 5.72. The molecule has 9 aliphatic heterocycles. The van der Waals surface area contributed by atoms with Crippen LogP contribution in [0.1, 0.15) is 122 Å². The lowest BCUT2D eigenvalue weighted by molar-refractivity contribution is 0.0290. The number of hydrogen-bond donors (Lipinski definition) is 1. The smallest absolute Gasteiger partial charge is 0.410 e. The van der Waals surface area contributed by atoms with Crippen LogP contribution >= 0.6 is 0 Å². The monoisotopic (exact) mass is 1280 g/mol. The number of nitrogens with zero attached hydrogens (tertiary/aromatic N) is 16. The minimum Gasteiger partial charge on any atom is -0.492 e. The summed E-state index contributed by atoms with van der Waals surface area (Å²) in [6.07, 6.45) is 17.3. The van der Waals surface area contributed by atoms with E-state index in [9.17, 15) is 14.4 Å². The number of tetrazole rings is 1. The molecule has 8 saturated heterocycles. The van der Waals surface area contributed by atoms with Crippen molar-refractivity contribution in [1.82, 2.24) is 69.4 Å². The molecule has 4 atom stereocenters. The first-order chi connectivity index (χ1) is 45.4. The van der Waals surface area contributed by atoms with E-state index in [0.717, 1.165) is 198 Å². The highest BCUT2D eigenvalue weighted by atomic mass is 16.6. The predicted octanol–water partition coefficient (Wildman–Crippen LogP) is 9.05. The first kappa shape index (κ1) is 63.3. The van der Waals surface area contributed by atoms with Gasteiger partial charge in [0.15, 0.2) is 22.8 Å². The average molecular weight is 1280 g/mol. The van der Waals surface area contributed by atoms with Crippen molar-refractivity contribution in [3.63, 3.8) is 0 Å². The van der Waals surface area contributed by atoms with E-state index in [0.29, 0.717) is 56.1 Å². The number of likely N-dealkylation sites (tertiary alicyclic amines) is 2. The first-order valence-electron chi connectivity index (χ1n) is 33.2. The van der Waals surface area contributed by atoms with Crippen molar-refractivity contribution in [1.29, 1.82) is 0 Å². The van der Waals surface area contributed by atoms with Gasteiger partial charge in [-0.05, 0) is 125 Å². The van der Waals surface area contributed by atoms with Gasteiger partial charge in [-0.2, -0.15) is 9.78 Å². The molecule has 496 valence electrons. The normalized spacial score (nSPS) is 25.0. The molecule has 4 unspecified atom stereocenters. The minimum atomic E-state index is -0.578. The number of para-hydroxylation sites is 1. The number of carbonyl (C=O) groups excluding carboxylic acids is 3. The highest BCUT2D eigenvalue weighted by Crippen LogP contribution is 2.43. The van der Waals surface area contributed by atoms with Gasteiger partial charge in [-0.15, -0.1) is 0 Å². The Hall–Kier alpha value is -9.42. The number of allylic oxidation sites excluding steroid dienone is 2. The molecule has 7 aromatic rings. The number of aryl methyl sites for hydroxylation is 2. The zero-order valence-electron chi connectivity index (χ0n) is 54.9.